The first-order chi connectivity index (χ1) is 5.39. The van der Waals surface area contributed by atoms with E-state index in [0.29, 0.717) is 0 Å². The summed E-state index contributed by atoms with van der Waals surface area (Å²) in [6.07, 6.45) is 3.78. The minimum Gasteiger partial charge on any atom is -0.348 e. The fraction of sp³-hybridized carbons (Fsp3) is 0.400. The Balaban J connectivity index is 3.18. The molecule has 0 aliphatic carbocycles. The van der Waals surface area contributed by atoms with Crippen LogP contribution in [-0.2, 0) is 0 Å². The van der Waals surface area contributed by atoms with Crippen molar-refractivity contribution < 1.29 is 4.55 Å². The Bertz CT molecular complexity index is 266. The molecule has 0 aromatic heterocycles. The third kappa shape index (κ3) is 2.26. The maximum Gasteiger partial charge on any atom is 0.0124 e. The van der Waals surface area contributed by atoms with E-state index in [1.165, 1.54) is 11.1 Å². The zero-order valence-electron chi connectivity index (χ0n) is 8.09. The van der Waals surface area contributed by atoms with Gasteiger partial charge in [-0.15, -0.1) is 10.3 Å². The van der Waals surface area contributed by atoms with Crippen molar-refractivity contribution in [1.29, 1.82) is 0 Å². The monoisotopic (exact) mass is 184 g/mol. The van der Waals surface area contributed by atoms with Crippen LogP contribution in [0.2, 0.25) is 0 Å². The smallest absolute Gasteiger partial charge is 0.0124 e. The third-order valence-corrected chi connectivity index (χ3v) is 3.16. The normalized spacial score (nSPS) is 13.1. The van der Waals surface area contributed by atoms with Gasteiger partial charge in [0.2, 0.25) is 0 Å². The molecular formula is C10H16OS. The molecule has 0 heterocycles. The van der Waals surface area contributed by atoms with Crippen LogP contribution in [0.5, 0.6) is 0 Å². The third-order valence-electron chi connectivity index (χ3n) is 1.77. The van der Waals surface area contributed by atoms with E-state index < -0.39 is 10.3 Å². The topological polar surface area (TPSA) is 20.2 Å². The molecule has 0 radical (unpaired) electrons. The molecule has 0 unspecified atom stereocenters. The van der Waals surface area contributed by atoms with Crippen LogP contribution in [0.3, 0.4) is 0 Å². The van der Waals surface area contributed by atoms with Gasteiger partial charge in [0, 0.05) is 4.90 Å². The van der Waals surface area contributed by atoms with E-state index in [1.54, 1.807) is 0 Å². The van der Waals surface area contributed by atoms with Crippen molar-refractivity contribution in [2.75, 3.05) is 12.5 Å². The molecule has 1 nitrogen and oxygen atoms in total. The summed E-state index contributed by atoms with van der Waals surface area (Å²) in [4.78, 5) is 1.07. The average molecular weight is 184 g/mol. The first kappa shape index (κ1) is 9.62. The van der Waals surface area contributed by atoms with Crippen LogP contribution in [0.15, 0.2) is 23.1 Å². The first-order valence-corrected chi connectivity index (χ1v) is 6.34. The van der Waals surface area contributed by atoms with Crippen LogP contribution in [0.1, 0.15) is 11.1 Å². The molecule has 0 saturated carbocycles. The van der Waals surface area contributed by atoms with E-state index in [-0.39, 0.29) is 0 Å². The Kier molecular flexibility index (Phi) is 2.49. The van der Waals surface area contributed by atoms with Crippen LogP contribution in [0, 0.1) is 13.8 Å². The van der Waals surface area contributed by atoms with Crippen molar-refractivity contribution in [2.45, 2.75) is 18.7 Å². The van der Waals surface area contributed by atoms with Gasteiger partial charge in [0.15, 0.2) is 0 Å². The van der Waals surface area contributed by atoms with E-state index in [1.807, 2.05) is 12.5 Å². The SMILES string of the molecule is Cc1cc(C)cc(S(C)(C)O)c1. The summed E-state index contributed by atoms with van der Waals surface area (Å²) in [6, 6.07) is 6.24. The molecule has 12 heavy (non-hydrogen) atoms. The highest BCUT2D eigenvalue weighted by atomic mass is 32.3. The van der Waals surface area contributed by atoms with E-state index in [9.17, 15) is 4.55 Å². The van der Waals surface area contributed by atoms with Crippen LogP contribution < -0.4 is 0 Å². The molecule has 68 valence electrons. The van der Waals surface area contributed by atoms with E-state index in [2.05, 4.69) is 32.0 Å². The Hall–Kier alpha value is -0.470. The Labute approximate surface area is 76.0 Å². The van der Waals surface area contributed by atoms with Crippen molar-refractivity contribution in [2.24, 2.45) is 0 Å². The Morgan fingerprint density at radius 1 is 1.00 bits per heavy atom. The standard InChI is InChI=1S/C10H16OS/c1-8-5-9(2)7-10(6-8)12(3,4)11/h5-7,11H,1-4H3. The molecule has 1 N–H and O–H groups in total. The summed E-state index contributed by atoms with van der Waals surface area (Å²) in [6.45, 7) is 4.11. The zero-order valence-corrected chi connectivity index (χ0v) is 8.90. The summed E-state index contributed by atoms with van der Waals surface area (Å²) in [5.41, 5.74) is 2.44. The molecule has 1 rings (SSSR count). The predicted molar refractivity (Wildman–Crippen MR) is 56.2 cm³/mol. The van der Waals surface area contributed by atoms with Crippen LogP contribution in [0.25, 0.3) is 0 Å². The summed E-state index contributed by atoms with van der Waals surface area (Å²) in [5, 5.41) is 0. The fourth-order valence-corrected chi connectivity index (χ4v) is 2.17. The Morgan fingerprint density at radius 2 is 1.42 bits per heavy atom. The molecule has 0 amide bonds. The molecule has 2 heteroatoms. The minimum absolute atomic E-state index is 1.07. The highest BCUT2D eigenvalue weighted by molar-refractivity contribution is 8.28. The molecule has 0 spiro atoms. The van der Waals surface area contributed by atoms with Gasteiger partial charge in [-0.05, 0) is 49.6 Å². The second-order valence-electron chi connectivity index (χ2n) is 3.60. The largest absolute Gasteiger partial charge is 0.348 e. The van der Waals surface area contributed by atoms with E-state index in [0.717, 1.165) is 4.90 Å². The summed E-state index contributed by atoms with van der Waals surface area (Å²) >= 11 is 0. The first-order valence-electron chi connectivity index (χ1n) is 3.94. The lowest BCUT2D eigenvalue weighted by atomic mass is 10.2. The van der Waals surface area contributed by atoms with Gasteiger partial charge in [0.25, 0.3) is 0 Å². The average Bonchev–Trinajstić information content (AvgIpc) is 1.82. The minimum atomic E-state index is -1.55. The number of hydrogen-bond acceptors (Lipinski definition) is 1. The van der Waals surface area contributed by atoms with Gasteiger partial charge < -0.3 is 4.55 Å². The van der Waals surface area contributed by atoms with Crippen LogP contribution >= 0.6 is 10.3 Å². The maximum absolute atomic E-state index is 9.82. The van der Waals surface area contributed by atoms with Crippen LogP contribution in [0.4, 0.5) is 0 Å². The molecule has 0 bridgehead atoms. The van der Waals surface area contributed by atoms with Gasteiger partial charge in [-0.1, -0.05) is 6.07 Å². The summed E-state index contributed by atoms with van der Waals surface area (Å²) in [5.74, 6) is 0. The number of rotatable bonds is 1. The lowest BCUT2D eigenvalue weighted by Gasteiger charge is -2.24. The molecule has 0 atom stereocenters. The highest BCUT2D eigenvalue weighted by Gasteiger charge is 2.10. The van der Waals surface area contributed by atoms with E-state index >= 15 is 0 Å². The number of benzene rings is 1. The second kappa shape index (κ2) is 3.11. The maximum atomic E-state index is 9.82. The lowest BCUT2D eigenvalue weighted by Crippen LogP contribution is -1.94. The lowest BCUT2D eigenvalue weighted by molar-refractivity contribution is 0.637. The molecular weight excluding hydrogens is 168 g/mol. The van der Waals surface area contributed by atoms with Gasteiger partial charge >= 0.3 is 0 Å². The van der Waals surface area contributed by atoms with Gasteiger partial charge in [-0.3, -0.25) is 0 Å². The predicted octanol–water partition coefficient (Wildman–Crippen LogP) is 3.20. The van der Waals surface area contributed by atoms with Gasteiger partial charge in [-0.25, -0.2) is 0 Å². The van der Waals surface area contributed by atoms with Crippen molar-refractivity contribution >= 4 is 10.3 Å². The highest BCUT2D eigenvalue weighted by Crippen LogP contribution is 2.44. The van der Waals surface area contributed by atoms with Crippen molar-refractivity contribution in [1.82, 2.24) is 0 Å². The van der Waals surface area contributed by atoms with Crippen molar-refractivity contribution in [3.05, 3.63) is 29.3 Å². The molecule has 0 aliphatic rings. The molecule has 0 saturated heterocycles. The van der Waals surface area contributed by atoms with Gasteiger partial charge in [0.05, 0.1) is 0 Å². The number of hydrogen-bond donors (Lipinski definition) is 1. The Morgan fingerprint density at radius 3 is 1.75 bits per heavy atom. The molecule has 0 aliphatic heterocycles. The van der Waals surface area contributed by atoms with Crippen molar-refractivity contribution in [3.63, 3.8) is 0 Å². The summed E-state index contributed by atoms with van der Waals surface area (Å²) < 4.78 is 9.82. The molecule has 1 aromatic carbocycles. The second-order valence-corrected chi connectivity index (χ2v) is 6.61. The zero-order chi connectivity index (χ0) is 9.35. The number of aryl methyl sites for hydroxylation is 2. The summed E-state index contributed by atoms with van der Waals surface area (Å²) in [7, 11) is -1.55. The van der Waals surface area contributed by atoms with E-state index in [4.69, 9.17) is 0 Å². The van der Waals surface area contributed by atoms with Gasteiger partial charge in [0.1, 0.15) is 0 Å². The van der Waals surface area contributed by atoms with Gasteiger partial charge in [-0.2, -0.15) is 0 Å². The molecule has 1 aromatic rings. The quantitative estimate of drug-likeness (QED) is 0.710. The fourth-order valence-electron chi connectivity index (χ4n) is 1.22. The van der Waals surface area contributed by atoms with Crippen molar-refractivity contribution in [3.8, 4) is 0 Å². The molecule has 0 fully saturated rings. The van der Waals surface area contributed by atoms with Crippen LogP contribution in [-0.4, -0.2) is 17.1 Å².